The molecule has 0 amide bonds. The largest absolute Gasteiger partial charge is 0.397 e. The lowest BCUT2D eigenvalue weighted by molar-refractivity contribution is 0.678. The van der Waals surface area contributed by atoms with Crippen LogP contribution < -0.4 is 10.6 Å². The Morgan fingerprint density at radius 2 is 2.06 bits per heavy atom. The van der Waals surface area contributed by atoms with E-state index >= 15 is 0 Å². The van der Waals surface area contributed by atoms with Gasteiger partial charge in [0.1, 0.15) is 0 Å². The first-order valence-corrected chi connectivity index (χ1v) is 5.28. The van der Waals surface area contributed by atoms with Crippen LogP contribution in [0, 0.1) is 0 Å². The summed E-state index contributed by atoms with van der Waals surface area (Å²) in [5.41, 5.74) is 9.04. The Labute approximate surface area is 102 Å². The van der Waals surface area contributed by atoms with Gasteiger partial charge in [-0.1, -0.05) is 6.07 Å². The summed E-state index contributed by atoms with van der Waals surface area (Å²) in [6, 6.07) is 7.45. The molecule has 1 aliphatic rings. The van der Waals surface area contributed by atoms with Crippen molar-refractivity contribution in [3.8, 4) is 5.69 Å². The number of fused-ring (bicyclic) bond motifs is 3. The first-order chi connectivity index (χ1) is 8.03. The van der Waals surface area contributed by atoms with Gasteiger partial charge >= 0.3 is 0 Å². The number of benzene rings is 1. The van der Waals surface area contributed by atoms with Crippen molar-refractivity contribution in [2.75, 3.05) is 17.7 Å². The zero-order valence-corrected chi connectivity index (χ0v) is 9.46. The Hall–Kier alpha value is -1.84. The number of aromatic nitrogens is 2. The summed E-state index contributed by atoms with van der Waals surface area (Å²) < 4.78 is 1.73. The third-order valence-corrected chi connectivity index (χ3v) is 3.22. The molecule has 3 rings (SSSR count). The molecule has 0 saturated heterocycles. The molecule has 0 fully saturated rings. The van der Waals surface area contributed by atoms with Gasteiger partial charge in [-0.15, -0.1) is 0 Å². The van der Waals surface area contributed by atoms with Crippen molar-refractivity contribution in [2.24, 2.45) is 0 Å². The van der Waals surface area contributed by atoms with E-state index in [9.17, 15) is 0 Å². The van der Waals surface area contributed by atoms with Crippen LogP contribution in [-0.2, 0) is 5.34 Å². The van der Waals surface area contributed by atoms with Gasteiger partial charge in [-0.05, 0) is 18.2 Å². The number of anilines is 2. The highest BCUT2D eigenvalue weighted by atomic mass is 15.3. The number of hydrogen-bond donors (Lipinski definition) is 1. The normalized spacial score (nSPS) is 16.4. The second-order valence-electron chi connectivity index (χ2n) is 4.23. The fourth-order valence-electron chi connectivity index (χ4n) is 2.24. The molecule has 0 atom stereocenters. The summed E-state index contributed by atoms with van der Waals surface area (Å²) in [7, 11) is 14.1. The van der Waals surface area contributed by atoms with E-state index in [1.807, 2.05) is 31.3 Å². The van der Waals surface area contributed by atoms with Gasteiger partial charge in [-0.25, -0.2) is 4.68 Å². The maximum atomic E-state index is 6.15. The number of hydrogen-bond acceptors (Lipinski definition) is 3. The summed E-state index contributed by atoms with van der Waals surface area (Å²) in [5, 5.41) is 3.13. The predicted octanol–water partition coefficient (Wildman–Crippen LogP) is 0.352. The minimum Gasteiger partial charge on any atom is -0.397 e. The van der Waals surface area contributed by atoms with Crippen LogP contribution in [0.5, 0.6) is 0 Å². The molecule has 6 heteroatoms. The monoisotopic (exact) mass is 220 g/mol. The first kappa shape index (κ1) is 10.3. The average Bonchev–Trinajstić information content (AvgIpc) is 2.76. The van der Waals surface area contributed by atoms with Crippen LogP contribution in [0.2, 0.25) is 0 Å². The van der Waals surface area contributed by atoms with Crippen LogP contribution in [0.25, 0.3) is 5.69 Å². The highest BCUT2D eigenvalue weighted by molar-refractivity contribution is 6.41. The smallest absolute Gasteiger partial charge is 0.0986 e. The molecule has 4 nitrogen and oxygen atoms in total. The molecule has 0 bridgehead atoms. The Morgan fingerprint density at radius 1 is 1.29 bits per heavy atom. The molecule has 17 heavy (non-hydrogen) atoms. The van der Waals surface area contributed by atoms with E-state index in [0.717, 1.165) is 17.1 Å². The molecule has 0 spiro atoms. The van der Waals surface area contributed by atoms with Gasteiger partial charge in [0, 0.05) is 18.6 Å². The predicted molar refractivity (Wildman–Crippen MR) is 69.6 cm³/mol. The van der Waals surface area contributed by atoms with Crippen LogP contribution in [0.4, 0.5) is 11.4 Å². The molecule has 1 aromatic heterocycles. The summed E-state index contributed by atoms with van der Waals surface area (Å²) in [5.74, 6) is 0. The van der Waals surface area contributed by atoms with Crippen molar-refractivity contribution < 1.29 is 0 Å². The molecule has 2 aromatic rings. The second kappa shape index (κ2) is 3.09. The Kier molecular flexibility index (Phi) is 1.88. The Balaban J connectivity index is 2.39. The van der Waals surface area contributed by atoms with Crippen molar-refractivity contribution in [1.29, 1.82) is 0 Å². The molecule has 2 N–H and O–H groups in total. The third-order valence-electron chi connectivity index (χ3n) is 3.22. The number of nitrogen functional groups attached to an aromatic ring is 1. The van der Waals surface area contributed by atoms with Crippen molar-refractivity contribution in [3.05, 3.63) is 36.2 Å². The molecular weight excluding hydrogens is 210 g/mol. The van der Waals surface area contributed by atoms with E-state index < -0.39 is 5.34 Å². The van der Waals surface area contributed by atoms with Crippen LogP contribution >= 0.6 is 0 Å². The lowest BCUT2D eigenvalue weighted by Crippen LogP contribution is -2.49. The number of nitrogens with two attached hydrogens (primary N) is 1. The van der Waals surface area contributed by atoms with E-state index in [1.54, 1.807) is 15.8 Å². The minimum atomic E-state index is -1.11. The Bertz CT molecular complexity index is 591. The second-order valence-corrected chi connectivity index (χ2v) is 4.23. The fourth-order valence-corrected chi connectivity index (χ4v) is 2.24. The standard InChI is InChI=1S/C11H10B2N4/c1-16-10-7(14)3-2-4-8(10)17-9(5-6-15-17)11(16,12)13/h2-6H,14H2,1H3. The molecule has 0 unspecified atom stereocenters. The van der Waals surface area contributed by atoms with Crippen LogP contribution in [0.1, 0.15) is 5.69 Å². The van der Waals surface area contributed by atoms with Crippen molar-refractivity contribution in [3.63, 3.8) is 0 Å². The van der Waals surface area contributed by atoms with Gasteiger partial charge in [-0.3, -0.25) is 0 Å². The van der Waals surface area contributed by atoms with Gasteiger partial charge in [0.05, 0.1) is 38.4 Å². The van der Waals surface area contributed by atoms with Crippen molar-refractivity contribution >= 4 is 27.1 Å². The van der Waals surface area contributed by atoms with Gasteiger partial charge in [0.25, 0.3) is 0 Å². The number of para-hydroxylation sites is 1. The highest BCUT2D eigenvalue weighted by Crippen LogP contribution is 2.40. The molecule has 0 aliphatic carbocycles. The van der Waals surface area contributed by atoms with E-state index in [2.05, 4.69) is 5.10 Å². The summed E-state index contributed by atoms with van der Waals surface area (Å²) in [6.45, 7) is 0. The van der Waals surface area contributed by atoms with E-state index in [-0.39, 0.29) is 0 Å². The van der Waals surface area contributed by atoms with Crippen molar-refractivity contribution in [2.45, 2.75) is 5.34 Å². The minimum absolute atomic E-state index is 0.631. The van der Waals surface area contributed by atoms with Gasteiger partial charge in [0.15, 0.2) is 0 Å². The molecule has 80 valence electrons. The van der Waals surface area contributed by atoms with E-state index in [4.69, 9.17) is 21.4 Å². The zero-order chi connectivity index (χ0) is 12.2. The van der Waals surface area contributed by atoms with Crippen LogP contribution in [0.3, 0.4) is 0 Å². The number of rotatable bonds is 0. The van der Waals surface area contributed by atoms with E-state index in [1.165, 1.54) is 0 Å². The van der Waals surface area contributed by atoms with Gasteiger partial charge in [0.2, 0.25) is 0 Å². The fraction of sp³-hybridized carbons (Fsp3) is 0.182. The highest BCUT2D eigenvalue weighted by Gasteiger charge is 2.35. The topological polar surface area (TPSA) is 47.1 Å². The van der Waals surface area contributed by atoms with Crippen molar-refractivity contribution in [1.82, 2.24) is 9.78 Å². The maximum Gasteiger partial charge on any atom is 0.0986 e. The molecule has 0 saturated carbocycles. The third kappa shape index (κ3) is 1.18. The number of nitrogens with zero attached hydrogens (tertiary/aromatic N) is 3. The first-order valence-electron chi connectivity index (χ1n) is 5.28. The van der Waals surface area contributed by atoms with Gasteiger partial charge in [-0.2, -0.15) is 5.10 Å². The lowest BCUT2D eigenvalue weighted by Gasteiger charge is -2.44. The molecule has 1 aliphatic heterocycles. The average molecular weight is 220 g/mol. The van der Waals surface area contributed by atoms with E-state index in [0.29, 0.717) is 5.69 Å². The molecule has 2 heterocycles. The SMILES string of the molecule is [B]C1([B])c2ccnn2-c2cccc(N)c2N1C. The maximum absolute atomic E-state index is 6.15. The molecular formula is C11H10B2N4. The molecule has 4 radical (unpaired) electrons. The lowest BCUT2D eigenvalue weighted by atomic mass is 9.58. The summed E-state index contributed by atoms with van der Waals surface area (Å²) in [6.07, 6.45) is 1.68. The summed E-state index contributed by atoms with van der Waals surface area (Å²) in [4.78, 5) is 1.77. The summed E-state index contributed by atoms with van der Waals surface area (Å²) >= 11 is 0. The van der Waals surface area contributed by atoms with Crippen LogP contribution in [-0.4, -0.2) is 32.5 Å². The van der Waals surface area contributed by atoms with Crippen LogP contribution in [0.15, 0.2) is 30.5 Å². The molecule has 1 aromatic carbocycles. The zero-order valence-electron chi connectivity index (χ0n) is 9.46. The quantitative estimate of drug-likeness (QED) is 0.514. The van der Waals surface area contributed by atoms with Gasteiger partial charge < -0.3 is 10.6 Å². The Morgan fingerprint density at radius 3 is 2.82 bits per heavy atom.